The van der Waals surface area contributed by atoms with E-state index in [2.05, 4.69) is 10.3 Å². The summed E-state index contributed by atoms with van der Waals surface area (Å²) in [4.78, 5) is 28.2. The predicted octanol–water partition coefficient (Wildman–Crippen LogP) is 2.85. The Labute approximate surface area is 166 Å². The molecule has 0 aliphatic carbocycles. The van der Waals surface area contributed by atoms with Crippen LogP contribution in [0.2, 0.25) is 0 Å². The molecule has 1 aliphatic rings. The number of thiazole rings is 1. The monoisotopic (exact) mass is 424 g/mol. The Morgan fingerprint density at radius 1 is 1.29 bits per heavy atom. The van der Waals surface area contributed by atoms with Crippen LogP contribution in [-0.4, -0.2) is 41.1 Å². The molecule has 0 saturated carbocycles. The second kappa shape index (κ2) is 7.94. The third-order valence-corrected chi connectivity index (χ3v) is 7.58. The average molecular weight is 425 g/mol. The third kappa shape index (κ3) is 4.05. The van der Waals surface area contributed by atoms with E-state index in [-0.39, 0.29) is 17.1 Å². The molecule has 11 heteroatoms. The predicted molar refractivity (Wildman–Crippen MR) is 105 cm³/mol. The van der Waals surface area contributed by atoms with Gasteiger partial charge in [-0.25, -0.2) is 13.4 Å². The summed E-state index contributed by atoms with van der Waals surface area (Å²) in [5, 5.41) is 14.0. The van der Waals surface area contributed by atoms with Gasteiger partial charge in [-0.05, 0) is 38.8 Å². The Morgan fingerprint density at radius 3 is 2.54 bits per heavy atom. The number of amides is 1. The van der Waals surface area contributed by atoms with E-state index in [0.29, 0.717) is 18.0 Å². The first-order valence-corrected chi connectivity index (χ1v) is 11.0. The number of nitro benzene ring substituents is 1. The minimum absolute atomic E-state index is 0.0706. The lowest BCUT2D eigenvalue weighted by Gasteiger charge is -2.33. The number of sulfonamides is 1. The first-order chi connectivity index (χ1) is 13.2. The van der Waals surface area contributed by atoms with Crippen LogP contribution >= 0.6 is 11.3 Å². The number of piperidine rings is 1. The largest absolute Gasteiger partial charge is 0.301 e. The molecule has 1 atom stereocenters. The maximum absolute atomic E-state index is 13.1. The van der Waals surface area contributed by atoms with Crippen LogP contribution in [-0.2, 0) is 14.8 Å². The highest BCUT2D eigenvalue weighted by molar-refractivity contribution is 7.89. The molecule has 28 heavy (non-hydrogen) atoms. The number of nitro groups is 1. The molecule has 2 heterocycles. The molecule has 1 N–H and O–H groups in total. The molecule has 0 unspecified atom stereocenters. The number of hydrogen-bond acceptors (Lipinski definition) is 7. The number of non-ortho nitro benzene ring substituents is 1. The van der Waals surface area contributed by atoms with Gasteiger partial charge in [0, 0.05) is 23.6 Å². The van der Waals surface area contributed by atoms with Crippen molar-refractivity contribution < 1.29 is 18.1 Å². The van der Waals surface area contributed by atoms with E-state index < -0.39 is 26.9 Å². The summed E-state index contributed by atoms with van der Waals surface area (Å²) in [6, 6.07) is 3.84. The van der Waals surface area contributed by atoms with Crippen LogP contribution < -0.4 is 5.32 Å². The highest BCUT2D eigenvalue weighted by atomic mass is 32.2. The van der Waals surface area contributed by atoms with E-state index in [4.69, 9.17) is 0 Å². The van der Waals surface area contributed by atoms with Crippen molar-refractivity contribution >= 4 is 38.1 Å². The maximum Gasteiger partial charge on any atom is 0.269 e. The lowest BCUT2D eigenvalue weighted by Crippen LogP contribution is -2.49. The van der Waals surface area contributed by atoms with Gasteiger partial charge in [0.1, 0.15) is 6.04 Å². The van der Waals surface area contributed by atoms with Crippen LogP contribution in [0.4, 0.5) is 10.8 Å². The quantitative estimate of drug-likeness (QED) is 0.582. The lowest BCUT2D eigenvalue weighted by atomic mass is 10.0. The van der Waals surface area contributed by atoms with Crippen LogP contribution in [0.3, 0.4) is 0 Å². The van der Waals surface area contributed by atoms with Gasteiger partial charge in [-0.3, -0.25) is 14.9 Å². The van der Waals surface area contributed by atoms with Crippen LogP contribution in [0.15, 0.2) is 29.2 Å². The highest BCUT2D eigenvalue weighted by Gasteiger charge is 2.38. The molecule has 0 bridgehead atoms. The van der Waals surface area contributed by atoms with Gasteiger partial charge in [0.25, 0.3) is 5.69 Å². The zero-order valence-corrected chi connectivity index (χ0v) is 17.0. The molecule has 1 aromatic heterocycles. The van der Waals surface area contributed by atoms with Crippen molar-refractivity contribution in [2.75, 3.05) is 11.9 Å². The van der Waals surface area contributed by atoms with E-state index in [9.17, 15) is 23.3 Å². The van der Waals surface area contributed by atoms with Crippen molar-refractivity contribution in [1.82, 2.24) is 9.29 Å². The number of hydrogen-bond donors (Lipinski definition) is 1. The van der Waals surface area contributed by atoms with Crippen molar-refractivity contribution in [3.63, 3.8) is 0 Å². The summed E-state index contributed by atoms with van der Waals surface area (Å²) in [5.74, 6) is -0.418. The molecular weight excluding hydrogens is 404 g/mol. The van der Waals surface area contributed by atoms with Gasteiger partial charge < -0.3 is 5.32 Å². The molecule has 0 radical (unpaired) electrons. The molecule has 0 spiro atoms. The van der Waals surface area contributed by atoms with Gasteiger partial charge >= 0.3 is 0 Å². The Bertz CT molecular complexity index is 982. The Kier molecular flexibility index (Phi) is 5.77. The van der Waals surface area contributed by atoms with Crippen molar-refractivity contribution in [3.05, 3.63) is 45.0 Å². The molecule has 1 fully saturated rings. The number of benzene rings is 1. The number of aryl methyl sites for hydroxylation is 2. The zero-order chi connectivity index (χ0) is 20.5. The number of aromatic nitrogens is 1. The molecule has 1 aliphatic heterocycles. The number of nitrogens with zero attached hydrogens (tertiary/aromatic N) is 3. The van der Waals surface area contributed by atoms with Crippen LogP contribution in [0.25, 0.3) is 0 Å². The fourth-order valence-electron chi connectivity index (χ4n) is 3.04. The van der Waals surface area contributed by atoms with Gasteiger partial charge in [-0.1, -0.05) is 6.42 Å². The van der Waals surface area contributed by atoms with E-state index in [1.54, 1.807) is 0 Å². The second-order valence-corrected chi connectivity index (χ2v) is 9.62. The molecular formula is C17H20N4O5S2. The molecule has 150 valence electrons. The minimum atomic E-state index is -3.96. The number of rotatable bonds is 5. The Balaban J connectivity index is 1.85. The highest BCUT2D eigenvalue weighted by Crippen LogP contribution is 2.28. The van der Waals surface area contributed by atoms with Crippen molar-refractivity contribution in [1.29, 1.82) is 0 Å². The van der Waals surface area contributed by atoms with Crippen molar-refractivity contribution in [2.24, 2.45) is 0 Å². The third-order valence-electron chi connectivity index (χ3n) is 4.67. The topological polar surface area (TPSA) is 123 Å². The Hall–Kier alpha value is -2.37. The van der Waals surface area contributed by atoms with Gasteiger partial charge in [0.15, 0.2) is 5.13 Å². The van der Waals surface area contributed by atoms with E-state index >= 15 is 0 Å². The van der Waals surface area contributed by atoms with Gasteiger partial charge in [-0.2, -0.15) is 4.31 Å². The average Bonchev–Trinajstić information content (AvgIpc) is 2.98. The SMILES string of the molecule is Cc1nc(NC(=O)[C@@H]2CCCCN2S(=O)(=O)c2ccc([N+](=O)[O-])cc2)sc1C. The number of carbonyl (C=O) groups is 1. The van der Waals surface area contributed by atoms with Gasteiger partial charge in [0.2, 0.25) is 15.9 Å². The standard InChI is InChI=1S/C17H20N4O5S2/c1-11-12(2)27-17(18-11)19-16(22)15-5-3-4-10-20(15)28(25,26)14-8-6-13(7-9-14)21(23)24/h6-9,15H,3-5,10H2,1-2H3,(H,18,19,22)/t15-/m0/s1. The van der Waals surface area contributed by atoms with Crippen LogP contribution in [0, 0.1) is 24.0 Å². The summed E-state index contributed by atoms with van der Waals surface area (Å²) in [6.45, 7) is 3.95. The summed E-state index contributed by atoms with van der Waals surface area (Å²) in [6.07, 6.45) is 1.78. The molecule has 3 rings (SSSR count). The summed E-state index contributed by atoms with van der Waals surface area (Å²) in [7, 11) is -3.96. The summed E-state index contributed by atoms with van der Waals surface area (Å²) in [5.41, 5.74) is 0.626. The molecule has 1 amide bonds. The normalized spacial score (nSPS) is 18.0. The van der Waals surface area contributed by atoms with E-state index in [1.165, 1.54) is 27.8 Å². The van der Waals surface area contributed by atoms with Crippen LogP contribution in [0.1, 0.15) is 29.8 Å². The van der Waals surface area contributed by atoms with Crippen molar-refractivity contribution in [2.45, 2.75) is 44.0 Å². The van der Waals surface area contributed by atoms with Crippen molar-refractivity contribution in [3.8, 4) is 0 Å². The number of carbonyl (C=O) groups excluding carboxylic acids is 1. The Morgan fingerprint density at radius 2 is 1.96 bits per heavy atom. The molecule has 1 aromatic carbocycles. The fourth-order valence-corrected chi connectivity index (χ4v) is 5.52. The van der Waals surface area contributed by atoms with Gasteiger partial charge in [0.05, 0.1) is 15.5 Å². The fraction of sp³-hybridized carbons (Fsp3) is 0.412. The summed E-state index contributed by atoms with van der Waals surface area (Å²) >= 11 is 1.34. The summed E-state index contributed by atoms with van der Waals surface area (Å²) < 4.78 is 27.3. The van der Waals surface area contributed by atoms with Crippen LogP contribution in [0.5, 0.6) is 0 Å². The minimum Gasteiger partial charge on any atom is -0.301 e. The number of nitrogens with one attached hydrogen (secondary N) is 1. The first-order valence-electron chi connectivity index (χ1n) is 8.71. The van der Waals surface area contributed by atoms with E-state index in [1.807, 2.05) is 13.8 Å². The lowest BCUT2D eigenvalue weighted by molar-refractivity contribution is -0.384. The molecule has 1 saturated heterocycles. The number of anilines is 1. The second-order valence-electron chi connectivity index (χ2n) is 6.53. The molecule has 9 nitrogen and oxygen atoms in total. The first kappa shape index (κ1) is 20.4. The van der Waals surface area contributed by atoms with Gasteiger partial charge in [-0.15, -0.1) is 11.3 Å². The maximum atomic E-state index is 13.1. The smallest absolute Gasteiger partial charge is 0.269 e. The molecule has 2 aromatic rings. The zero-order valence-electron chi connectivity index (χ0n) is 15.4. The van der Waals surface area contributed by atoms with E-state index in [0.717, 1.165) is 29.1 Å².